The summed E-state index contributed by atoms with van der Waals surface area (Å²) in [6, 6.07) is -0.114. The molecule has 0 aromatic carbocycles. The highest BCUT2D eigenvalue weighted by Gasteiger charge is 2.27. The average molecular weight is 204 g/mol. The van der Waals surface area contributed by atoms with Gasteiger partial charge in [-0.3, -0.25) is 0 Å². The standard InChI is InChI=1S/C7H10ClN3O2/c1-5-9-10-7(13-5)6-4-12-3-2-11(6)8/h6H,2-4H2,1H3/t6-/m0/s1. The fraction of sp³-hybridized carbons (Fsp3) is 0.714. The summed E-state index contributed by atoms with van der Waals surface area (Å²) in [5.41, 5.74) is 0. The largest absolute Gasteiger partial charge is 0.424 e. The third-order valence-electron chi connectivity index (χ3n) is 1.89. The quantitative estimate of drug-likeness (QED) is 0.635. The number of rotatable bonds is 1. The lowest BCUT2D eigenvalue weighted by atomic mass is 10.3. The first-order chi connectivity index (χ1) is 6.27. The molecule has 1 aromatic heterocycles. The van der Waals surface area contributed by atoms with E-state index in [0.717, 1.165) is 0 Å². The molecule has 0 N–H and O–H groups in total. The van der Waals surface area contributed by atoms with Gasteiger partial charge in [0.25, 0.3) is 0 Å². The van der Waals surface area contributed by atoms with Gasteiger partial charge in [-0.2, -0.15) is 0 Å². The average Bonchev–Trinajstić information content (AvgIpc) is 2.53. The summed E-state index contributed by atoms with van der Waals surface area (Å²) in [6.07, 6.45) is 0. The van der Waals surface area contributed by atoms with Gasteiger partial charge in [-0.25, -0.2) is 4.42 Å². The van der Waals surface area contributed by atoms with Gasteiger partial charge in [0.1, 0.15) is 6.04 Å². The topological polar surface area (TPSA) is 51.4 Å². The van der Waals surface area contributed by atoms with Crippen LogP contribution in [0.1, 0.15) is 17.8 Å². The fourth-order valence-electron chi connectivity index (χ4n) is 1.22. The summed E-state index contributed by atoms with van der Waals surface area (Å²) in [4.78, 5) is 0. The fourth-order valence-corrected chi connectivity index (χ4v) is 1.43. The molecule has 72 valence electrons. The number of ether oxygens (including phenoxy) is 1. The summed E-state index contributed by atoms with van der Waals surface area (Å²) < 4.78 is 12.2. The van der Waals surface area contributed by atoms with Crippen LogP contribution < -0.4 is 0 Å². The predicted octanol–water partition coefficient (Wildman–Crippen LogP) is 0.905. The van der Waals surface area contributed by atoms with Crippen molar-refractivity contribution >= 4 is 11.8 Å². The Morgan fingerprint density at radius 2 is 2.38 bits per heavy atom. The van der Waals surface area contributed by atoms with Crippen molar-refractivity contribution in [3.05, 3.63) is 11.8 Å². The van der Waals surface area contributed by atoms with Crippen LogP contribution in [0.25, 0.3) is 0 Å². The first-order valence-corrected chi connectivity index (χ1v) is 4.41. The Labute approximate surface area is 80.7 Å². The predicted molar refractivity (Wildman–Crippen MR) is 45.2 cm³/mol. The van der Waals surface area contributed by atoms with Crippen LogP contribution in [0, 0.1) is 6.92 Å². The van der Waals surface area contributed by atoms with Crippen LogP contribution in [-0.4, -0.2) is 34.4 Å². The molecule has 0 radical (unpaired) electrons. The molecule has 1 fully saturated rings. The minimum atomic E-state index is -0.114. The number of halogens is 1. The molecule has 0 spiro atoms. The van der Waals surface area contributed by atoms with E-state index in [9.17, 15) is 0 Å². The smallest absolute Gasteiger partial charge is 0.237 e. The minimum Gasteiger partial charge on any atom is -0.424 e. The van der Waals surface area contributed by atoms with Gasteiger partial charge in [0.05, 0.1) is 13.2 Å². The summed E-state index contributed by atoms with van der Waals surface area (Å²) in [5, 5.41) is 7.64. The second kappa shape index (κ2) is 3.61. The minimum absolute atomic E-state index is 0.114. The van der Waals surface area contributed by atoms with Gasteiger partial charge in [-0.15, -0.1) is 10.2 Å². The van der Waals surface area contributed by atoms with Gasteiger partial charge >= 0.3 is 0 Å². The summed E-state index contributed by atoms with van der Waals surface area (Å²) >= 11 is 5.95. The molecule has 0 saturated carbocycles. The Morgan fingerprint density at radius 3 is 3.00 bits per heavy atom. The maximum atomic E-state index is 5.95. The van der Waals surface area contributed by atoms with E-state index in [1.807, 2.05) is 0 Å². The van der Waals surface area contributed by atoms with Crippen molar-refractivity contribution < 1.29 is 9.15 Å². The molecule has 1 atom stereocenters. The molecule has 13 heavy (non-hydrogen) atoms. The van der Waals surface area contributed by atoms with Crippen LogP contribution in [-0.2, 0) is 4.74 Å². The third kappa shape index (κ3) is 1.82. The Bertz CT molecular complexity index is 291. The van der Waals surface area contributed by atoms with Crippen molar-refractivity contribution in [1.82, 2.24) is 14.6 Å². The normalized spacial score (nSPS) is 24.9. The molecule has 1 aliphatic heterocycles. The second-order valence-corrected chi connectivity index (χ2v) is 3.31. The number of hydrogen-bond donors (Lipinski definition) is 0. The zero-order valence-electron chi connectivity index (χ0n) is 7.23. The van der Waals surface area contributed by atoms with E-state index in [2.05, 4.69) is 10.2 Å². The van der Waals surface area contributed by atoms with Gasteiger partial charge < -0.3 is 9.15 Å². The lowest BCUT2D eigenvalue weighted by Crippen LogP contribution is -2.33. The van der Waals surface area contributed by atoms with Crippen molar-refractivity contribution in [2.24, 2.45) is 0 Å². The zero-order valence-corrected chi connectivity index (χ0v) is 7.99. The van der Waals surface area contributed by atoms with Crippen LogP contribution in [0.4, 0.5) is 0 Å². The lowest BCUT2D eigenvalue weighted by molar-refractivity contribution is 0.0231. The first-order valence-electron chi connectivity index (χ1n) is 4.07. The van der Waals surface area contributed by atoms with Crippen molar-refractivity contribution in [3.8, 4) is 0 Å². The van der Waals surface area contributed by atoms with E-state index >= 15 is 0 Å². The van der Waals surface area contributed by atoms with E-state index < -0.39 is 0 Å². The molecule has 0 unspecified atom stereocenters. The monoisotopic (exact) mass is 203 g/mol. The molecule has 1 aliphatic rings. The number of aromatic nitrogens is 2. The van der Waals surface area contributed by atoms with E-state index in [1.165, 1.54) is 0 Å². The van der Waals surface area contributed by atoms with Crippen LogP contribution in [0.5, 0.6) is 0 Å². The maximum Gasteiger partial charge on any atom is 0.237 e. The molecule has 2 rings (SSSR count). The number of morpholine rings is 1. The van der Waals surface area contributed by atoms with E-state index in [0.29, 0.717) is 31.5 Å². The van der Waals surface area contributed by atoms with Crippen molar-refractivity contribution in [3.63, 3.8) is 0 Å². The number of nitrogens with zero attached hydrogens (tertiary/aromatic N) is 3. The SMILES string of the molecule is Cc1nnc([C@@H]2COCCN2Cl)o1. The van der Waals surface area contributed by atoms with Gasteiger partial charge in [-0.1, -0.05) is 0 Å². The van der Waals surface area contributed by atoms with Gasteiger partial charge in [0, 0.05) is 13.5 Å². The van der Waals surface area contributed by atoms with Crippen molar-refractivity contribution in [2.45, 2.75) is 13.0 Å². The van der Waals surface area contributed by atoms with Crippen LogP contribution in [0.3, 0.4) is 0 Å². The molecule has 6 heteroatoms. The summed E-state index contributed by atoms with van der Waals surface area (Å²) in [7, 11) is 0. The molecule has 0 amide bonds. The van der Waals surface area contributed by atoms with E-state index in [4.69, 9.17) is 20.9 Å². The summed E-state index contributed by atoms with van der Waals surface area (Å²) in [5.74, 6) is 1.07. The Hall–Kier alpha value is -0.650. The highest BCUT2D eigenvalue weighted by Crippen LogP contribution is 2.24. The Kier molecular flexibility index (Phi) is 2.48. The number of aryl methyl sites for hydroxylation is 1. The second-order valence-electron chi connectivity index (χ2n) is 2.87. The third-order valence-corrected chi connectivity index (χ3v) is 2.29. The van der Waals surface area contributed by atoms with E-state index in [1.54, 1.807) is 11.3 Å². The van der Waals surface area contributed by atoms with Crippen LogP contribution >= 0.6 is 11.8 Å². The molecule has 5 nitrogen and oxygen atoms in total. The lowest BCUT2D eigenvalue weighted by Gasteiger charge is -2.26. The highest BCUT2D eigenvalue weighted by atomic mass is 35.5. The summed E-state index contributed by atoms with van der Waals surface area (Å²) in [6.45, 7) is 3.57. The van der Waals surface area contributed by atoms with Gasteiger partial charge in [0.15, 0.2) is 0 Å². The molecular formula is C7H10ClN3O2. The van der Waals surface area contributed by atoms with Crippen molar-refractivity contribution in [1.29, 1.82) is 0 Å². The number of hydrogen-bond acceptors (Lipinski definition) is 5. The van der Waals surface area contributed by atoms with Gasteiger partial charge in [-0.05, 0) is 11.8 Å². The van der Waals surface area contributed by atoms with Crippen LogP contribution in [0.15, 0.2) is 4.42 Å². The zero-order chi connectivity index (χ0) is 9.26. The molecule has 1 aromatic rings. The molecular weight excluding hydrogens is 194 g/mol. The molecule has 1 saturated heterocycles. The van der Waals surface area contributed by atoms with Crippen molar-refractivity contribution in [2.75, 3.05) is 19.8 Å². The molecule has 0 bridgehead atoms. The van der Waals surface area contributed by atoms with E-state index in [-0.39, 0.29) is 6.04 Å². The Balaban J connectivity index is 2.14. The molecule has 2 heterocycles. The maximum absolute atomic E-state index is 5.95. The highest BCUT2D eigenvalue weighted by molar-refractivity contribution is 6.13. The first kappa shape index (κ1) is 8.93. The van der Waals surface area contributed by atoms with Gasteiger partial charge in [0.2, 0.25) is 11.8 Å². The molecule has 0 aliphatic carbocycles. The Morgan fingerprint density at radius 1 is 1.54 bits per heavy atom. The van der Waals surface area contributed by atoms with Crippen LogP contribution in [0.2, 0.25) is 0 Å².